The van der Waals surface area contributed by atoms with Crippen LogP contribution in [-0.2, 0) is 0 Å². The van der Waals surface area contributed by atoms with Crippen LogP contribution in [0.2, 0.25) is 5.02 Å². The monoisotopic (exact) mass is 263 g/mol. The second-order valence-electron chi connectivity index (χ2n) is 4.03. The maximum atomic E-state index is 9.40. The summed E-state index contributed by atoms with van der Waals surface area (Å²) in [7, 11) is 0. The van der Waals surface area contributed by atoms with Crippen molar-refractivity contribution in [2.45, 2.75) is 13.0 Å². The molecule has 0 aromatic heterocycles. The van der Waals surface area contributed by atoms with Crippen LogP contribution >= 0.6 is 11.6 Å². The Bertz CT molecular complexity index is 538. The Morgan fingerprint density at radius 1 is 1.17 bits per heavy atom. The highest BCUT2D eigenvalue weighted by atomic mass is 35.5. The zero-order valence-corrected chi connectivity index (χ0v) is 10.7. The van der Waals surface area contributed by atoms with Crippen LogP contribution in [0.3, 0.4) is 0 Å². The van der Waals surface area contributed by atoms with Gasteiger partial charge in [0.05, 0.1) is 11.8 Å². The van der Waals surface area contributed by atoms with Crippen molar-refractivity contribution < 1.29 is 9.84 Å². The summed E-state index contributed by atoms with van der Waals surface area (Å²) >= 11 is 5.81. The Morgan fingerprint density at radius 3 is 2.39 bits per heavy atom. The fraction of sp³-hybridized carbons (Fsp3) is 0.143. The fourth-order valence-corrected chi connectivity index (χ4v) is 1.73. The van der Waals surface area contributed by atoms with Gasteiger partial charge in [0.1, 0.15) is 11.5 Å². The van der Waals surface area contributed by atoms with E-state index in [9.17, 15) is 5.11 Å². The zero-order valence-electron chi connectivity index (χ0n) is 9.93. The second-order valence-corrected chi connectivity index (χ2v) is 4.47. The number of aliphatic hydroxyl groups excluding tert-OH is 1. The second kappa shape index (κ2) is 5.29. The van der Waals surface area contributed by atoms with Crippen molar-refractivity contribution >= 4 is 17.3 Å². The van der Waals surface area contributed by atoms with Crippen LogP contribution in [-0.4, -0.2) is 5.11 Å². The van der Waals surface area contributed by atoms with Gasteiger partial charge in [-0.2, -0.15) is 0 Å². The SMILES string of the molecule is CC(O)c1ccc(Oc2ccc(Cl)cc2N)cc1. The van der Waals surface area contributed by atoms with Crippen LogP contribution in [0.5, 0.6) is 11.5 Å². The molecule has 0 aliphatic heterocycles. The summed E-state index contributed by atoms with van der Waals surface area (Å²) in [6, 6.07) is 12.3. The highest BCUT2D eigenvalue weighted by Gasteiger charge is 2.04. The summed E-state index contributed by atoms with van der Waals surface area (Å²) in [4.78, 5) is 0. The molecular formula is C14H14ClNO2. The van der Waals surface area contributed by atoms with E-state index in [1.54, 1.807) is 37.3 Å². The molecule has 2 rings (SSSR count). The van der Waals surface area contributed by atoms with Crippen molar-refractivity contribution in [2.75, 3.05) is 5.73 Å². The van der Waals surface area contributed by atoms with Gasteiger partial charge in [-0.3, -0.25) is 0 Å². The molecule has 0 saturated heterocycles. The fourth-order valence-electron chi connectivity index (χ4n) is 1.55. The average molecular weight is 264 g/mol. The highest BCUT2D eigenvalue weighted by molar-refractivity contribution is 6.30. The minimum Gasteiger partial charge on any atom is -0.455 e. The third-order valence-electron chi connectivity index (χ3n) is 2.56. The lowest BCUT2D eigenvalue weighted by Gasteiger charge is -2.10. The number of anilines is 1. The molecule has 18 heavy (non-hydrogen) atoms. The molecule has 0 radical (unpaired) electrons. The van der Waals surface area contributed by atoms with E-state index < -0.39 is 6.10 Å². The first-order valence-corrected chi connectivity index (χ1v) is 5.95. The maximum absolute atomic E-state index is 9.40. The normalized spacial score (nSPS) is 12.2. The molecule has 2 aromatic carbocycles. The number of hydrogen-bond acceptors (Lipinski definition) is 3. The number of nitrogen functional groups attached to an aromatic ring is 1. The van der Waals surface area contributed by atoms with Gasteiger partial charge in [0.15, 0.2) is 0 Å². The Labute approximate surface area is 111 Å². The first-order chi connectivity index (χ1) is 8.56. The molecule has 0 aliphatic rings. The minimum atomic E-state index is -0.486. The number of ether oxygens (including phenoxy) is 1. The number of benzene rings is 2. The average Bonchev–Trinajstić information content (AvgIpc) is 2.33. The summed E-state index contributed by atoms with van der Waals surface area (Å²) in [5.74, 6) is 1.22. The minimum absolute atomic E-state index is 0.486. The van der Waals surface area contributed by atoms with Crippen molar-refractivity contribution in [3.8, 4) is 11.5 Å². The molecule has 0 bridgehead atoms. The molecule has 0 saturated carbocycles. The molecule has 0 fully saturated rings. The molecule has 0 amide bonds. The van der Waals surface area contributed by atoms with Crippen LogP contribution in [0.1, 0.15) is 18.6 Å². The van der Waals surface area contributed by atoms with E-state index in [1.165, 1.54) is 0 Å². The van der Waals surface area contributed by atoms with Gasteiger partial charge in [0.2, 0.25) is 0 Å². The van der Waals surface area contributed by atoms with Gasteiger partial charge in [-0.15, -0.1) is 0 Å². The van der Waals surface area contributed by atoms with E-state index >= 15 is 0 Å². The summed E-state index contributed by atoms with van der Waals surface area (Å²) in [5.41, 5.74) is 7.13. The largest absolute Gasteiger partial charge is 0.455 e. The van der Waals surface area contributed by atoms with E-state index in [1.807, 2.05) is 12.1 Å². The lowest BCUT2D eigenvalue weighted by molar-refractivity contribution is 0.199. The molecule has 2 aromatic rings. The third-order valence-corrected chi connectivity index (χ3v) is 2.80. The quantitative estimate of drug-likeness (QED) is 0.829. The zero-order chi connectivity index (χ0) is 13.1. The lowest BCUT2D eigenvalue weighted by atomic mass is 10.1. The third kappa shape index (κ3) is 2.94. The number of nitrogens with two attached hydrogens (primary N) is 1. The van der Waals surface area contributed by atoms with Crippen molar-refractivity contribution in [3.63, 3.8) is 0 Å². The van der Waals surface area contributed by atoms with Crippen LogP contribution in [0.4, 0.5) is 5.69 Å². The van der Waals surface area contributed by atoms with Gasteiger partial charge >= 0.3 is 0 Å². The highest BCUT2D eigenvalue weighted by Crippen LogP contribution is 2.30. The number of aliphatic hydroxyl groups is 1. The van der Waals surface area contributed by atoms with Gasteiger partial charge < -0.3 is 15.6 Å². The van der Waals surface area contributed by atoms with E-state index in [0.29, 0.717) is 22.2 Å². The standard InChI is InChI=1S/C14H14ClNO2/c1-9(17)10-2-5-12(6-3-10)18-14-7-4-11(15)8-13(14)16/h2-9,17H,16H2,1H3. The van der Waals surface area contributed by atoms with Gasteiger partial charge in [-0.05, 0) is 42.8 Å². The van der Waals surface area contributed by atoms with Crippen molar-refractivity contribution in [1.29, 1.82) is 0 Å². The molecule has 3 N–H and O–H groups in total. The first-order valence-electron chi connectivity index (χ1n) is 5.57. The van der Waals surface area contributed by atoms with Crippen LogP contribution in [0, 0.1) is 0 Å². The summed E-state index contributed by atoms with van der Waals surface area (Å²) < 4.78 is 5.63. The van der Waals surface area contributed by atoms with Gasteiger partial charge in [0.25, 0.3) is 0 Å². The van der Waals surface area contributed by atoms with E-state index in [2.05, 4.69) is 0 Å². The summed E-state index contributed by atoms with van der Waals surface area (Å²) in [5, 5.41) is 9.98. The van der Waals surface area contributed by atoms with Crippen LogP contribution < -0.4 is 10.5 Å². The predicted molar refractivity (Wildman–Crippen MR) is 73.0 cm³/mol. The van der Waals surface area contributed by atoms with E-state index in [0.717, 1.165) is 5.56 Å². The van der Waals surface area contributed by atoms with Crippen molar-refractivity contribution in [1.82, 2.24) is 0 Å². The van der Waals surface area contributed by atoms with E-state index in [-0.39, 0.29) is 0 Å². The molecule has 0 spiro atoms. The van der Waals surface area contributed by atoms with Crippen molar-refractivity contribution in [2.24, 2.45) is 0 Å². The molecule has 4 heteroatoms. The summed E-state index contributed by atoms with van der Waals surface area (Å²) in [6.07, 6.45) is -0.486. The van der Waals surface area contributed by atoms with Gasteiger partial charge in [-0.1, -0.05) is 23.7 Å². The molecule has 3 nitrogen and oxygen atoms in total. The van der Waals surface area contributed by atoms with E-state index in [4.69, 9.17) is 22.1 Å². The smallest absolute Gasteiger partial charge is 0.150 e. The Balaban J connectivity index is 2.18. The molecule has 0 aliphatic carbocycles. The number of rotatable bonds is 3. The van der Waals surface area contributed by atoms with Gasteiger partial charge in [0, 0.05) is 5.02 Å². The topological polar surface area (TPSA) is 55.5 Å². The Kier molecular flexibility index (Phi) is 3.75. The maximum Gasteiger partial charge on any atom is 0.150 e. The summed E-state index contributed by atoms with van der Waals surface area (Å²) in [6.45, 7) is 1.72. The molecular weight excluding hydrogens is 250 g/mol. The molecule has 0 heterocycles. The van der Waals surface area contributed by atoms with Crippen LogP contribution in [0.25, 0.3) is 0 Å². The number of halogens is 1. The van der Waals surface area contributed by atoms with Gasteiger partial charge in [-0.25, -0.2) is 0 Å². The molecule has 94 valence electrons. The lowest BCUT2D eigenvalue weighted by Crippen LogP contribution is -1.93. The molecule has 1 atom stereocenters. The first kappa shape index (κ1) is 12.7. The number of hydrogen-bond donors (Lipinski definition) is 2. The van der Waals surface area contributed by atoms with Crippen LogP contribution in [0.15, 0.2) is 42.5 Å². The Hall–Kier alpha value is -1.71. The van der Waals surface area contributed by atoms with Crippen molar-refractivity contribution in [3.05, 3.63) is 53.1 Å². The molecule has 1 unspecified atom stereocenters. The predicted octanol–water partition coefficient (Wildman–Crippen LogP) is 3.77. The Morgan fingerprint density at radius 2 is 1.83 bits per heavy atom.